The van der Waals surface area contributed by atoms with Gasteiger partial charge in [0, 0.05) is 32.5 Å². The van der Waals surface area contributed by atoms with Crippen molar-refractivity contribution in [3.8, 4) is 0 Å². The third-order valence-corrected chi connectivity index (χ3v) is 4.39. The van der Waals surface area contributed by atoms with Crippen molar-refractivity contribution >= 4 is 11.6 Å². The van der Waals surface area contributed by atoms with E-state index in [9.17, 15) is 9.59 Å². The van der Waals surface area contributed by atoms with Gasteiger partial charge in [-0.2, -0.15) is 0 Å². The first kappa shape index (κ1) is 13.4. The second kappa shape index (κ2) is 4.59. The summed E-state index contributed by atoms with van der Waals surface area (Å²) in [5, 5.41) is 0. The standard InChI is InChI=1S/C14H20O4/c1-5-12(15)9-7-11-8(2)6-10(9)13(16)14(11,17-3)18-4/h6,9-11H,5,7H2,1-4H3/t9-,10-,11-/m1/s1. The van der Waals surface area contributed by atoms with E-state index in [2.05, 4.69) is 0 Å². The van der Waals surface area contributed by atoms with Crippen LogP contribution in [0.2, 0.25) is 0 Å². The van der Waals surface area contributed by atoms with Crippen LogP contribution in [0.25, 0.3) is 0 Å². The molecule has 3 atom stereocenters. The summed E-state index contributed by atoms with van der Waals surface area (Å²) in [7, 11) is 2.98. The quantitative estimate of drug-likeness (QED) is 0.565. The largest absolute Gasteiger partial charge is 0.347 e. The Morgan fingerprint density at radius 3 is 2.56 bits per heavy atom. The van der Waals surface area contributed by atoms with E-state index < -0.39 is 5.79 Å². The van der Waals surface area contributed by atoms with E-state index in [1.807, 2.05) is 19.9 Å². The Labute approximate surface area is 107 Å². The maximum Gasteiger partial charge on any atom is 0.235 e. The van der Waals surface area contributed by atoms with E-state index in [0.717, 1.165) is 5.57 Å². The summed E-state index contributed by atoms with van der Waals surface area (Å²) in [5.74, 6) is -1.87. The highest BCUT2D eigenvalue weighted by molar-refractivity contribution is 5.98. The molecule has 0 amide bonds. The molecule has 0 aromatic heterocycles. The molecule has 3 aliphatic rings. The van der Waals surface area contributed by atoms with Crippen LogP contribution in [0.3, 0.4) is 0 Å². The zero-order valence-electron chi connectivity index (χ0n) is 11.4. The van der Waals surface area contributed by atoms with E-state index in [1.165, 1.54) is 14.2 Å². The van der Waals surface area contributed by atoms with Crippen molar-refractivity contribution in [3.05, 3.63) is 11.6 Å². The zero-order chi connectivity index (χ0) is 13.5. The number of rotatable bonds is 4. The lowest BCUT2D eigenvalue weighted by Crippen LogP contribution is -2.61. The van der Waals surface area contributed by atoms with Crippen molar-refractivity contribution in [1.29, 1.82) is 0 Å². The Morgan fingerprint density at radius 1 is 1.44 bits per heavy atom. The Balaban J connectivity index is 2.42. The number of allylic oxidation sites excluding steroid dienone is 1. The summed E-state index contributed by atoms with van der Waals surface area (Å²) in [4.78, 5) is 24.4. The summed E-state index contributed by atoms with van der Waals surface area (Å²) < 4.78 is 10.8. The number of carbonyl (C=O) groups is 2. The molecule has 3 rings (SSSR count). The number of Topliss-reactive ketones (excluding diaryl/α,β-unsaturated/α-hetero) is 2. The SMILES string of the molecule is CCC(=O)[C@@H]1C[C@@H]2C(C)=C[C@H]1C(=O)C2(OC)OC. The van der Waals surface area contributed by atoms with Crippen molar-refractivity contribution < 1.29 is 19.1 Å². The topological polar surface area (TPSA) is 52.6 Å². The molecule has 0 aromatic carbocycles. The molecule has 3 aliphatic carbocycles. The molecule has 0 aromatic rings. The first-order chi connectivity index (χ1) is 8.51. The summed E-state index contributed by atoms with van der Waals surface area (Å²) in [6, 6.07) is 0. The lowest BCUT2D eigenvalue weighted by atomic mass is 9.60. The van der Waals surface area contributed by atoms with Crippen LogP contribution in [-0.2, 0) is 19.1 Å². The fraction of sp³-hybridized carbons (Fsp3) is 0.714. The molecule has 1 fully saturated rings. The average Bonchev–Trinajstić information content (AvgIpc) is 2.39. The predicted molar refractivity (Wildman–Crippen MR) is 65.9 cm³/mol. The van der Waals surface area contributed by atoms with Gasteiger partial charge in [-0.05, 0) is 13.3 Å². The molecule has 1 saturated carbocycles. The lowest BCUT2D eigenvalue weighted by Gasteiger charge is -2.49. The molecule has 4 nitrogen and oxygen atoms in total. The second-order valence-corrected chi connectivity index (χ2v) is 5.09. The van der Waals surface area contributed by atoms with Crippen LogP contribution >= 0.6 is 0 Å². The number of hydrogen-bond acceptors (Lipinski definition) is 4. The van der Waals surface area contributed by atoms with Gasteiger partial charge >= 0.3 is 0 Å². The van der Waals surface area contributed by atoms with Crippen LogP contribution in [0.1, 0.15) is 26.7 Å². The summed E-state index contributed by atoms with van der Waals surface area (Å²) in [6.07, 6.45) is 3.04. The first-order valence-electron chi connectivity index (χ1n) is 6.37. The number of ketones is 2. The van der Waals surface area contributed by atoms with E-state index in [4.69, 9.17) is 9.47 Å². The maximum absolute atomic E-state index is 12.5. The predicted octanol–water partition coefficient (Wildman–Crippen LogP) is 1.74. The molecule has 0 heterocycles. The number of fused-ring (bicyclic) bond motifs is 2. The van der Waals surface area contributed by atoms with Crippen LogP contribution in [0.4, 0.5) is 0 Å². The Kier molecular flexibility index (Phi) is 3.43. The first-order valence-corrected chi connectivity index (χ1v) is 6.37. The van der Waals surface area contributed by atoms with Crippen molar-refractivity contribution in [2.24, 2.45) is 17.8 Å². The van der Waals surface area contributed by atoms with Crippen molar-refractivity contribution in [3.63, 3.8) is 0 Å². The highest BCUT2D eigenvalue weighted by Gasteiger charge is 2.59. The van der Waals surface area contributed by atoms with Gasteiger partial charge in [0.25, 0.3) is 0 Å². The minimum atomic E-state index is -1.19. The van der Waals surface area contributed by atoms with Crippen molar-refractivity contribution in [2.75, 3.05) is 14.2 Å². The molecule has 0 saturated heterocycles. The van der Waals surface area contributed by atoms with Gasteiger partial charge in [0.1, 0.15) is 5.78 Å². The molecule has 0 spiro atoms. The Bertz CT molecular complexity index is 406. The van der Waals surface area contributed by atoms with Gasteiger partial charge in [-0.15, -0.1) is 0 Å². The minimum Gasteiger partial charge on any atom is -0.347 e. The highest BCUT2D eigenvalue weighted by atomic mass is 16.7. The number of hydrogen-bond donors (Lipinski definition) is 0. The molecule has 2 bridgehead atoms. The molecule has 0 aliphatic heterocycles. The summed E-state index contributed by atoms with van der Waals surface area (Å²) in [5.41, 5.74) is 1.09. The molecule has 0 unspecified atom stereocenters. The van der Waals surface area contributed by atoms with Crippen LogP contribution in [-0.4, -0.2) is 31.6 Å². The van der Waals surface area contributed by atoms with Gasteiger partial charge in [0.15, 0.2) is 5.78 Å². The monoisotopic (exact) mass is 252 g/mol. The smallest absolute Gasteiger partial charge is 0.235 e. The third-order valence-electron chi connectivity index (χ3n) is 4.39. The minimum absolute atomic E-state index is 0.110. The molecular weight excluding hydrogens is 232 g/mol. The van der Waals surface area contributed by atoms with Gasteiger partial charge in [0.2, 0.25) is 5.79 Å². The lowest BCUT2D eigenvalue weighted by molar-refractivity contribution is -0.241. The fourth-order valence-corrected chi connectivity index (χ4v) is 3.38. The maximum atomic E-state index is 12.5. The summed E-state index contributed by atoms with van der Waals surface area (Å²) >= 11 is 0. The molecular formula is C14H20O4. The number of ether oxygens (including phenoxy) is 2. The van der Waals surface area contributed by atoms with Crippen molar-refractivity contribution in [2.45, 2.75) is 32.5 Å². The molecule has 100 valence electrons. The van der Waals surface area contributed by atoms with E-state index >= 15 is 0 Å². The van der Waals surface area contributed by atoms with Gasteiger partial charge < -0.3 is 9.47 Å². The summed E-state index contributed by atoms with van der Waals surface area (Å²) in [6.45, 7) is 3.81. The van der Waals surface area contributed by atoms with Gasteiger partial charge in [-0.25, -0.2) is 0 Å². The van der Waals surface area contributed by atoms with Gasteiger partial charge in [-0.1, -0.05) is 18.6 Å². The fourth-order valence-electron chi connectivity index (χ4n) is 3.38. The number of methoxy groups -OCH3 is 2. The number of carbonyl (C=O) groups excluding carboxylic acids is 2. The van der Waals surface area contributed by atoms with Crippen LogP contribution in [0, 0.1) is 17.8 Å². The average molecular weight is 252 g/mol. The van der Waals surface area contributed by atoms with Gasteiger partial charge in [-0.3, -0.25) is 9.59 Å². The van der Waals surface area contributed by atoms with Gasteiger partial charge in [0.05, 0.1) is 5.92 Å². The van der Waals surface area contributed by atoms with Crippen LogP contribution in [0.5, 0.6) is 0 Å². The Hall–Kier alpha value is -1.00. The molecule has 18 heavy (non-hydrogen) atoms. The highest BCUT2D eigenvalue weighted by Crippen LogP contribution is 2.49. The normalized spacial score (nSPS) is 33.4. The third kappa shape index (κ3) is 1.59. The zero-order valence-corrected chi connectivity index (χ0v) is 11.4. The molecule has 4 heteroatoms. The Morgan fingerprint density at radius 2 is 2.06 bits per heavy atom. The van der Waals surface area contributed by atoms with E-state index in [0.29, 0.717) is 12.8 Å². The molecule has 0 radical (unpaired) electrons. The molecule has 0 N–H and O–H groups in total. The van der Waals surface area contributed by atoms with Crippen LogP contribution in [0.15, 0.2) is 11.6 Å². The van der Waals surface area contributed by atoms with Crippen molar-refractivity contribution in [1.82, 2.24) is 0 Å². The second-order valence-electron chi connectivity index (χ2n) is 5.09. The van der Waals surface area contributed by atoms with Crippen LogP contribution < -0.4 is 0 Å². The van der Waals surface area contributed by atoms with E-state index in [1.54, 1.807) is 0 Å². The van der Waals surface area contributed by atoms with E-state index in [-0.39, 0.29) is 29.3 Å².